The molecule has 1 aliphatic carbocycles. The fourth-order valence-corrected chi connectivity index (χ4v) is 1.89. The van der Waals surface area contributed by atoms with Crippen molar-refractivity contribution < 1.29 is 9.90 Å². The van der Waals surface area contributed by atoms with Gasteiger partial charge in [0.25, 0.3) is 0 Å². The van der Waals surface area contributed by atoms with Crippen molar-refractivity contribution in [3.8, 4) is 0 Å². The highest BCUT2D eigenvalue weighted by molar-refractivity contribution is 6.30. The van der Waals surface area contributed by atoms with Crippen molar-refractivity contribution in [2.45, 2.75) is 12.8 Å². The van der Waals surface area contributed by atoms with Crippen LogP contribution in [0.25, 0.3) is 6.08 Å². The third kappa shape index (κ3) is 1.80. The average Bonchev–Trinajstić information content (AvgIpc) is 2.44. The first kappa shape index (κ1) is 9.28. The smallest absolute Gasteiger partial charge is 0.307 e. The van der Waals surface area contributed by atoms with Crippen LogP contribution in [0.15, 0.2) is 23.8 Å². The Bertz CT molecular complexity index is 421. The molecule has 0 saturated heterocycles. The Kier molecular flexibility index (Phi) is 2.30. The van der Waals surface area contributed by atoms with Crippen LogP contribution in [0.3, 0.4) is 0 Å². The summed E-state index contributed by atoms with van der Waals surface area (Å²) in [4.78, 5) is 10.5. The second kappa shape index (κ2) is 3.46. The molecule has 0 aliphatic heterocycles. The monoisotopic (exact) mass is 208 g/mol. The molecule has 3 heteroatoms. The fourth-order valence-electron chi connectivity index (χ4n) is 1.69. The number of aliphatic carboxylic acids is 1. The summed E-state index contributed by atoms with van der Waals surface area (Å²) in [5.41, 5.74) is 3.15. The van der Waals surface area contributed by atoms with Gasteiger partial charge in [0.05, 0.1) is 6.42 Å². The number of fused-ring (bicyclic) bond motifs is 1. The molecular formula is C11H9ClO2. The largest absolute Gasteiger partial charge is 0.481 e. The van der Waals surface area contributed by atoms with E-state index in [2.05, 4.69) is 0 Å². The van der Waals surface area contributed by atoms with Crippen LogP contribution in [-0.4, -0.2) is 11.1 Å². The van der Waals surface area contributed by atoms with Crippen LogP contribution >= 0.6 is 11.6 Å². The zero-order valence-electron chi connectivity index (χ0n) is 7.46. The molecule has 0 saturated carbocycles. The Hall–Kier alpha value is -1.28. The lowest BCUT2D eigenvalue weighted by molar-refractivity contribution is -0.136. The zero-order chi connectivity index (χ0) is 10.1. The molecule has 0 spiro atoms. The van der Waals surface area contributed by atoms with Crippen molar-refractivity contribution in [2.24, 2.45) is 0 Å². The summed E-state index contributed by atoms with van der Waals surface area (Å²) >= 11 is 5.84. The van der Waals surface area contributed by atoms with Gasteiger partial charge in [-0.2, -0.15) is 0 Å². The van der Waals surface area contributed by atoms with E-state index in [-0.39, 0.29) is 6.42 Å². The van der Waals surface area contributed by atoms with E-state index >= 15 is 0 Å². The maximum Gasteiger partial charge on any atom is 0.307 e. The van der Waals surface area contributed by atoms with Gasteiger partial charge in [-0.25, -0.2) is 0 Å². The molecule has 2 nitrogen and oxygen atoms in total. The van der Waals surface area contributed by atoms with Gasteiger partial charge < -0.3 is 5.11 Å². The van der Waals surface area contributed by atoms with E-state index in [1.165, 1.54) is 0 Å². The van der Waals surface area contributed by atoms with E-state index in [0.29, 0.717) is 11.4 Å². The number of hydrogen-bond acceptors (Lipinski definition) is 1. The van der Waals surface area contributed by atoms with Gasteiger partial charge in [0.15, 0.2) is 0 Å². The number of carbonyl (C=O) groups is 1. The summed E-state index contributed by atoms with van der Waals surface area (Å²) in [5, 5.41) is 9.34. The molecule has 0 unspecified atom stereocenters. The molecule has 0 bridgehead atoms. The van der Waals surface area contributed by atoms with Crippen LogP contribution in [0.4, 0.5) is 0 Å². The fraction of sp³-hybridized carbons (Fsp3) is 0.182. The molecule has 1 aromatic rings. The number of carboxylic acid groups (broad SMARTS) is 1. The molecule has 1 aromatic carbocycles. The topological polar surface area (TPSA) is 37.3 Å². The second-order valence-electron chi connectivity index (χ2n) is 3.39. The molecule has 0 fully saturated rings. The number of rotatable bonds is 2. The van der Waals surface area contributed by atoms with E-state index in [4.69, 9.17) is 16.7 Å². The molecule has 0 aromatic heterocycles. The number of halogens is 1. The van der Waals surface area contributed by atoms with Crippen molar-refractivity contribution in [3.63, 3.8) is 0 Å². The third-order valence-electron chi connectivity index (χ3n) is 2.26. The van der Waals surface area contributed by atoms with Gasteiger partial charge in [-0.1, -0.05) is 29.3 Å². The Balaban J connectivity index is 2.23. The molecule has 72 valence electrons. The average molecular weight is 209 g/mol. The Morgan fingerprint density at radius 3 is 3.00 bits per heavy atom. The lowest BCUT2D eigenvalue weighted by Gasteiger charge is -1.98. The summed E-state index contributed by atoms with van der Waals surface area (Å²) in [6, 6.07) is 5.63. The minimum Gasteiger partial charge on any atom is -0.481 e. The van der Waals surface area contributed by atoms with Crippen molar-refractivity contribution in [2.75, 3.05) is 0 Å². The van der Waals surface area contributed by atoms with Crippen molar-refractivity contribution in [3.05, 3.63) is 39.9 Å². The van der Waals surface area contributed by atoms with Crippen LogP contribution < -0.4 is 0 Å². The first-order valence-corrected chi connectivity index (χ1v) is 4.72. The Morgan fingerprint density at radius 1 is 1.50 bits per heavy atom. The molecule has 1 aliphatic rings. The molecule has 2 rings (SSSR count). The zero-order valence-corrected chi connectivity index (χ0v) is 8.21. The van der Waals surface area contributed by atoms with Crippen LogP contribution in [-0.2, 0) is 11.2 Å². The highest BCUT2D eigenvalue weighted by Gasteiger charge is 2.14. The van der Waals surface area contributed by atoms with Gasteiger partial charge in [0.1, 0.15) is 0 Å². The maximum absolute atomic E-state index is 10.5. The summed E-state index contributed by atoms with van der Waals surface area (Å²) < 4.78 is 0. The molecular weight excluding hydrogens is 200 g/mol. The predicted octanol–water partition coefficient (Wildman–Crippen LogP) is 2.75. The van der Waals surface area contributed by atoms with Gasteiger partial charge >= 0.3 is 5.97 Å². The van der Waals surface area contributed by atoms with E-state index in [0.717, 1.165) is 16.7 Å². The summed E-state index contributed by atoms with van der Waals surface area (Å²) in [6.07, 6.45) is 2.76. The standard InChI is InChI=1S/C11H9ClO2/c12-10-2-1-8-3-7(5-11(13)14)4-9(8)6-10/h1-3,6H,4-5H2,(H,13,14). The van der Waals surface area contributed by atoms with Gasteiger partial charge in [-0.05, 0) is 29.7 Å². The lowest BCUT2D eigenvalue weighted by Crippen LogP contribution is -1.96. The van der Waals surface area contributed by atoms with Crippen LogP contribution in [0.5, 0.6) is 0 Å². The van der Waals surface area contributed by atoms with E-state index in [9.17, 15) is 4.79 Å². The molecule has 0 radical (unpaired) electrons. The van der Waals surface area contributed by atoms with Crippen molar-refractivity contribution in [1.82, 2.24) is 0 Å². The normalized spacial score (nSPS) is 13.6. The molecule has 0 amide bonds. The highest BCUT2D eigenvalue weighted by Crippen LogP contribution is 2.28. The van der Waals surface area contributed by atoms with Gasteiger partial charge in [-0.15, -0.1) is 0 Å². The molecule has 14 heavy (non-hydrogen) atoms. The number of hydrogen-bond donors (Lipinski definition) is 1. The summed E-state index contributed by atoms with van der Waals surface area (Å²) in [7, 11) is 0. The first-order chi connectivity index (χ1) is 6.65. The van der Waals surface area contributed by atoms with Gasteiger partial charge in [0, 0.05) is 5.02 Å². The molecule has 0 heterocycles. The second-order valence-corrected chi connectivity index (χ2v) is 3.83. The van der Waals surface area contributed by atoms with Crippen molar-refractivity contribution in [1.29, 1.82) is 0 Å². The lowest BCUT2D eigenvalue weighted by atomic mass is 10.1. The van der Waals surface area contributed by atoms with E-state index < -0.39 is 5.97 Å². The first-order valence-electron chi connectivity index (χ1n) is 4.35. The third-order valence-corrected chi connectivity index (χ3v) is 2.50. The van der Waals surface area contributed by atoms with Gasteiger partial charge in [-0.3, -0.25) is 4.79 Å². The van der Waals surface area contributed by atoms with Crippen LogP contribution in [0.1, 0.15) is 17.5 Å². The highest BCUT2D eigenvalue weighted by atomic mass is 35.5. The van der Waals surface area contributed by atoms with E-state index in [1.807, 2.05) is 24.3 Å². The Labute approximate surface area is 86.8 Å². The Morgan fingerprint density at radius 2 is 2.29 bits per heavy atom. The van der Waals surface area contributed by atoms with Crippen molar-refractivity contribution >= 4 is 23.6 Å². The number of carboxylic acids is 1. The van der Waals surface area contributed by atoms with Crippen LogP contribution in [0, 0.1) is 0 Å². The quantitative estimate of drug-likeness (QED) is 0.812. The minimum absolute atomic E-state index is 0.117. The summed E-state index contributed by atoms with van der Waals surface area (Å²) in [6.45, 7) is 0. The minimum atomic E-state index is -0.782. The van der Waals surface area contributed by atoms with E-state index in [1.54, 1.807) is 0 Å². The predicted molar refractivity (Wildman–Crippen MR) is 55.4 cm³/mol. The molecule has 1 N–H and O–H groups in total. The maximum atomic E-state index is 10.5. The van der Waals surface area contributed by atoms with Crippen LogP contribution in [0.2, 0.25) is 5.02 Å². The summed E-state index contributed by atoms with van der Waals surface area (Å²) in [5.74, 6) is -0.782. The van der Waals surface area contributed by atoms with Gasteiger partial charge in [0.2, 0.25) is 0 Å². The molecule has 0 atom stereocenters. The SMILES string of the molecule is O=C(O)CC1=Cc2ccc(Cl)cc2C1. The number of benzene rings is 1.